The summed E-state index contributed by atoms with van der Waals surface area (Å²) in [5.74, 6) is -0.766. The molecule has 1 atom stereocenters. The zero-order valence-electron chi connectivity index (χ0n) is 18.1. The van der Waals surface area contributed by atoms with Gasteiger partial charge < -0.3 is 10.0 Å². The first-order valence-corrected chi connectivity index (χ1v) is 11.5. The van der Waals surface area contributed by atoms with Crippen LogP contribution in [0.3, 0.4) is 0 Å². The molecule has 1 amide bonds. The molecule has 5 heteroatoms. The van der Waals surface area contributed by atoms with E-state index in [1.165, 1.54) is 16.7 Å². The van der Waals surface area contributed by atoms with E-state index in [-0.39, 0.29) is 12.2 Å². The molecule has 0 spiro atoms. The van der Waals surface area contributed by atoms with E-state index < -0.39 is 11.5 Å². The minimum absolute atomic E-state index is 0.321. The van der Waals surface area contributed by atoms with Gasteiger partial charge in [-0.3, -0.25) is 9.59 Å². The zero-order chi connectivity index (χ0) is 23.0. The topological polar surface area (TPSA) is 57.6 Å². The Bertz CT molecular complexity index is 1280. The van der Waals surface area contributed by atoms with Crippen LogP contribution in [0.5, 0.6) is 0 Å². The number of carbonyl (C=O) groups excluding carboxylic acids is 2. The van der Waals surface area contributed by atoms with Crippen LogP contribution in [0.4, 0.5) is 5.69 Å². The van der Waals surface area contributed by atoms with Gasteiger partial charge >= 0.3 is 0 Å². The number of ketones is 1. The lowest BCUT2D eigenvalue weighted by Gasteiger charge is -2.23. The van der Waals surface area contributed by atoms with Gasteiger partial charge in [-0.05, 0) is 54.2 Å². The lowest BCUT2D eigenvalue weighted by Crippen LogP contribution is -2.42. The smallest absolute Gasteiger partial charge is 0.264 e. The summed E-state index contributed by atoms with van der Waals surface area (Å²) in [5, 5.41) is 11.9. The Morgan fingerprint density at radius 3 is 2.67 bits per heavy atom. The number of allylic oxidation sites excluding steroid dienone is 2. The molecule has 0 bridgehead atoms. The van der Waals surface area contributed by atoms with E-state index >= 15 is 0 Å². The number of Topliss-reactive ketones (excluding diaryl/α,β-unsaturated/α-hetero) is 1. The lowest BCUT2D eigenvalue weighted by atomic mass is 9.88. The molecule has 1 aliphatic carbocycles. The standard InChI is InChI=1S/C28H24ClNO3/c29-22-10-5-8-21(17-22)26(31)18-28(33)24-12-3-4-13-25(24)30(27(28)32)16-6-9-20-15-14-19-7-1-2-11-23(19)20/h1-5,7-8,10-13,15,17,33H,6,9,14,16,18H2/t28-/m1/s1. The van der Waals surface area contributed by atoms with E-state index in [4.69, 9.17) is 11.6 Å². The number of nitrogens with zero attached hydrogens (tertiary/aromatic N) is 1. The fourth-order valence-corrected chi connectivity index (χ4v) is 5.11. The van der Waals surface area contributed by atoms with E-state index in [0.29, 0.717) is 28.4 Å². The SMILES string of the molecule is O=C(C[C@]1(O)C(=O)N(CCCC2=CCc3ccccc32)c2ccccc21)c1cccc(Cl)c1. The van der Waals surface area contributed by atoms with Crippen LogP contribution in [0, 0.1) is 0 Å². The minimum atomic E-state index is -1.88. The van der Waals surface area contributed by atoms with Gasteiger partial charge in [-0.15, -0.1) is 0 Å². The van der Waals surface area contributed by atoms with Crippen molar-refractivity contribution in [2.75, 3.05) is 11.4 Å². The van der Waals surface area contributed by atoms with Gasteiger partial charge in [0.05, 0.1) is 12.1 Å². The number of anilines is 1. The van der Waals surface area contributed by atoms with Gasteiger partial charge in [-0.25, -0.2) is 0 Å². The molecule has 0 fully saturated rings. The number of aliphatic hydroxyl groups is 1. The number of hydrogen-bond donors (Lipinski definition) is 1. The third-order valence-electron chi connectivity index (χ3n) is 6.56. The second-order valence-corrected chi connectivity index (χ2v) is 9.08. The lowest BCUT2D eigenvalue weighted by molar-refractivity contribution is -0.135. The highest BCUT2D eigenvalue weighted by atomic mass is 35.5. The maximum atomic E-state index is 13.4. The quantitative estimate of drug-likeness (QED) is 0.472. The first-order valence-electron chi connectivity index (χ1n) is 11.2. The molecule has 1 aliphatic heterocycles. The van der Waals surface area contributed by atoms with Crippen LogP contribution in [-0.4, -0.2) is 23.3 Å². The van der Waals surface area contributed by atoms with Crippen molar-refractivity contribution in [1.29, 1.82) is 0 Å². The van der Waals surface area contributed by atoms with Crippen molar-refractivity contribution in [2.45, 2.75) is 31.3 Å². The number of halogens is 1. The average Bonchev–Trinajstić information content (AvgIpc) is 3.32. The molecule has 4 nitrogen and oxygen atoms in total. The van der Waals surface area contributed by atoms with Gasteiger partial charge in [0.1, 0.15) is 0 Å². The van der Waals surface area contributed by atoms with E-state index in [9.17, 15) is 14.7 Å². The van der Waals surface area contributed by atoms with Crippen LogP contribution in [0.25, 0.3) is 5.57 Å². The Morgan fingerprint density at radius 1 is 1.03 bits per heavy atom. The van der Waals surface area contributed by atoms with Crippen molar-refractivity contribution in [2.24, 2.45) is 0 Å². The average molecular weight is 458 g/mol. The molecular formula is C28H24ClNO3. The largest absolute Gasteiger partial charge is 0.375 e. The molecule has 3 aromatic carbocycles. The van der Waals surface area contributed by atoms with Crippen molar-refractivity contribution in [3.8, 4) is 0 Å². The molecule has 166 valence electrons. The zero-order valence-corrected chi connectivity index (χ0v) is 18.9. The fraction of sp³-hybridized carbons (Fsp3) is 0.214. The Hall–Kier alpha value is -3.21. The van der Waals surface area contributed by atoms with Gasteiger partial charge in [0, 0.05) is 22.7 Å². The first kappa shape index (κ1) is 21.6. The van der Waals surface area contributed by atoms with Crippen LogP contribution in [0.2, 0.25) is 5.02 Å². The number of benzene rings is 3. The summed E-state index contributed by atoms with van der Waals surface area (Å²) in [6.45, 7) is 0.475. The molecule has 0 saturated heterocycles. The first-order chi connectivity index (χ1) is 16.0. The second kappa shape index (κ2) is 8.62. The molecule has 5 rings (SSSR count). The maximum Gasteiger partial charge on any atom is 0.264 e. The minimum Gasteiger partial charge on any atom is -0.375 e. The monoisotopic (exact) mass is 457 g/mol. The van der Waals surface area contributed by atoms with E-state index in [1.807, 2.05) is 12.1 Å². The fourth-order valence-electron chi connectivity index (χ4n) is 4.91. The van der Waals surface area contributed by atoms with Crippen molar-refractivity contribution in [1.82, 2.24) is 0 Å². The van der Waals surface area contributed by atoms with Gasteiger partial charge in [0.25, 0.3) is 5.91 Å². The summed E-state index contributed by atoms with van der Waals surface area (Å²) in [6, 6.07) is 22.2. The van der Waals surface area contributed by atoms with Crippen LogP contribution in [0.15, 0.2) is 78.9 Å². The summed E-state index contributed by atoms with van der Waals surface area (Å²) in [6.07, 6.45) is 4.49. The molecular weight excluding hydrogens is 434 g/mol. The summed E-state index contributed by atoms with van der Waals surface area (Å²) in [4.78, 5) is 28.0. The molecule has 0 radical (unpaired) electrons. The van der Waals surface area contributed by atoms with Crippen LogP contribution in [-0.2, 0) is 16.8 Å². The predicted octanol–water partition coefficient (Wildman–Crippen LogP) is 5.57. The molecule has 0 unspecified atom stereocenters. The second-order valence-electron chi connectivity index (χ2n) is 8.64. The highest BCUT2D eigenvalue weighted by Crippen LogP contribution is 2.43. The Labute approximate surface area is 198 Å². The number of fused-ring (bicyclic) bond motifs is 2. The number of para-hydroxylation sites is 1. The predicted molar refractivity (Wildman–Crippen MR) is 130 cm³/mol. The Morgan fingerprint density at radius 2 is 1.82 bits per heavy atom. The van der Waals surface area contributed by atoms with Gasteiger partial charge in [-0.2, -0.15) is 0 Å². The number of rotatable bonds is 7. The van der Waals surface area contributed by atoms with Crippen LogP contribution >= 0.6 is 11.6 Å². The third kappa shape index (κ3) is 3.90. The highest BCUT2D eigenvalue weighted by molar-refractivity contribution is 6.31. The molecule has 3 aromatic rings. The van der Waals surface area contributed by atoms with Gasteiger partial charge in [-0.1, -0.05) is 72.3 Å². The van der Waals surface area contributed by atoms with Crippen molar-refractivity contribution < 1.29 is 14.7 Å². The van der Waals surface area contributed by atoms with Crippen molar-refractivity contribution >= 4 is 34.6 Å². The van der Waals surface area contributed by atoms with E-state index in [1.54, 1.807) is 41.3 Å². The Balaban J connectivity index is 1.33. The summed E-state index contributed by atoms with van der Waals surface area (Å²) in [5.41, 5.74) is 3.58. The van der Waals surface area contributed by atoms with E-state index in [2.05, 4.69) is 30.3 Å². The molecule has 1 N–H and O–H groups in total. The summed E-state index contributed by atoms with van der Waals surface area (Å²) in [7, 11) is 0. The number of hydrogen-bond acceptors (Lipinski definition) is 3. The molecule has 2 aliphatic rings. The normalized spacial score (nSPS) is 18.8. The molecule has 33 heavy (non-hydrogen) atoms. The van der Waals surface area contributed by atoms with Crippen molar-refractivity contribution in [3.63, 3.8) is 0 Å². The Kier molecular flexibility index (Phi) is 5.65. The molecule has 0 aromatic heterocycles. The van der Waals surface area contributed by atoms with Crippen molar-refractivity contribution in [3.05, 3.63) is 106 Å². The number of amides is 1. The summed E-state index contributed by atoms with van der Waals surface area (Å²) >= 11 is 6.02. The van der Waals surface area contributed by atoms with E-state index in [0.717, 1.165) is 19.3 Å². The molecule has 1 heterocycles. The number of carbonyl (C=O) groups is 2. The van der Waals surface area contributed by atoms with Gasteiger partial charge in [0.2, 0.25) is 0 Å². The summed E-state index contributed by atoms with van der Waals surface area (Å²) < 4.78 is 0. The van der Waals surface area contributed by atoms with Gasteiger partial charge in [0.15, 0.2) is 11.4 Å². The maximum absolute atomic E-state index is 13.4. The molecule has 0 saturated carbocycles. The third-order valence-corrected chi connectivity index (χ3v) is 6.80. The van der Waals surface area contributed by atoms with Crippen LogP contribution < -0.4 is 4.90 Å². The highest BCUT2D eigenvalue weighted by Gasteiger charge is 2.50. The van der Waals surface area contributed by atoms with Crippen LogP contribution in [0.1, 0.15) is 46.3 Å².